The van der Waals surface area contributed by atoms with Gasteiger partial charge >= 0.3 is 0 Å². The second-order valence-corrected chi connectivity index (χ2v) is 2.76. The van der Waals surface area contributed by atoms with E-state index in [9.17, 15) is 5.21 Å². The van der Waals surface area contributed by atoms with Crippen molar-refractivity contribution in [3.8, 4) is 12.3 Å². The Balaban J connectivity index is 3.30. The van der Waals surface area contributed by atoms with Gasteiger partial charge in [-0.2, -0.15) is 5.23 Å². The number of nitrogens with one attached hydrogen (secondary N) is 1. The fourth-order valence-corrected chi connectivity index (χ4v) is 1.17. The van der Waals surface area contributed by atoms with Crippen molar-refractivity contribution in [3.05, 3.63) is 22.0 Å². The maximum absolute atomic E-state index is 11.2. The Kier molecular flexibility index (Phi) is 3.28. The van der Waals surface area contributed by atoms with Crippen molar-refractivity contribution in [2.75, 3.05) is 12.8 Å². The number of quaternary nitrogens is 1. The molecule has 1 unspecified atom stereocenters. The maximum atomic E-state index is 11.2. The summed E-state index contributed by atoms with van der Waals surface area (Å²) in [5.74, 6) is 2.37. The predicted octanol–water partition coefficient (Wildman–Crippen LogP) is -0.126. The molecule has 3 N–H and O–H groups in total. The molecule has 0 amide bonds. The summed E-state index contributed by atoms with van der Waals surface area (Å²) in [6.45, 7) is 0. The number of terminal acetylenes is 1. The molecule has 1 aromatic heterocycles. The van der Waals surface area contributed by atoms with Crippen molar-refractivity contribution in [2.24, 2.45) is 0 Å². The van der Waals surface area contributed by atoms with E-state index in [0.29, 0.717) is 0 Å². The second kappa shape index (κ2) is 4.26. The minimum atomic E-state index is -0.598. The monoisotopic (exact) mass is 213 g/mol. The molecule has 5 nitrogen and oxygen atoms in total. The van der Waals surface area contributed by atoms with Gasteiger partial charge in [0.25, 0.3) is 0 Å². The van der Waals surface area contributed by atoms with Crippen LogP contribution in [-0.2, 0) is 4.84 Å². The number of hydrogen-bond donors (Lipinski definition) is 2. The summed E-state index contributed by atoms with van der Waals surface area (Å²) in [7, 11) is 1.24. The molecule has 0 saturated heterocycles. The van der Waals surface area contributed by atoms with Crippen molar-refractivity contribution in [1.29, 1.82) is 0 Å². The molecule has 6 heteroatoms. The number of hydrogen-bond acceptors (Lipinski definition) is 4. The van der Waals surface area contributed by atoms with E-state index in [1.165, 1.54) is 13.3 Å². The summed E-state index contributed by atoms with van der Waals surface area (Å²) in [5, 5.41) is 10.6. The Morgan fingerprint density at radius 3 is 2.93 bits per heavy atom. The van der Waals surface area contributed by atoms with Gasteiger partial charge in [-0.1, -0.05) is 17.5 Å². The molecule has 0 aliphatic heterocycles. The number of aromatic nitrogens is 1. The zero-order valence-corrected chi connectivity index (χ0v) is 8.13. The average molecular weight is 214 g/mol. The smallest absolute Gasteiger partial charge is 0.202 e. The van der Waals surface area contributed by atoms with Gasteiger partial charge in [0.15, 0.2) is 0 Å². The van der Waals surface area contributed by atoms with Crippen molar-refractivity contribution >= 4 is 23.1 Å². The molecule has 0 bridgehead atoms. The predicted molar refractivity (Wildman–Crippen MR) is 52.6 cm³/mol. The van der Waals surface area contributed by atoms with E-state index >= 15 is 0 Å². The van der Waals surface area contributed by atoms with Gasteiger partial charge in [-0.15, -0.1) is 6.42 Å². The number of rotatable bonds is 2. The fourth-order valence-electron chi connectivity index (χ4n) is 0.892. The lowest BCUT2D eigenvalue weighted by Crippen LogP contribution is -3.00. The zero-order valence-electron chi connectivity index (χ0n) is 7.37. The number of nitrogen functional groups attached to an aromatic ring is 1. The molecule has 0 fully saturated rings. The molecule has 0 spiro atoms. The molecular weight excluding hydrogens is 206 g/mol. The minimum Gasteiger partial charge on any atom is -0.595 e. The van der Waals surface area contributed by atoms with E-state index in [0.717, 1.165) is 0 Å². The summed E-state index contributed by atoms with van der Waals surface area (Å²) in [5.41, 5.74) is 5.76. The Morgan fingerprint density at radius 1 is 1.79 bits per heavy atom. The highest BCUT2D eigenvalue weighted by molar-refractivity contribution is 6.34. The van der Waals surface area contributed by atoms with E-state index in [1.807, 2.05) is 0 Å². The Hall–Kier alpha value is -1.32. The van der Waals surface area contributed by atoms with Gasteiger partial charge in [-0.25, -0.2) is 9.82 Å². The van der Waals surface area contributed by atoms with Crippen molar-refractivity contribution in [2.45, 2.75) is 0 Å². The van der Waals surface area contributed by atoms with Crippen LogP contribution in [0.1, 0.15) is 5.56 Å². The van der Waals surface area contributed by atoms with Crippen LogP contribution in [0.4, 0.5) is 11.5 Å². The van der Waals surface area contributed by atoms with E-state index < -0.39 is 5.23 Å². The van der Waals surface area contributed by atoms with Crippen LogP contribution >= 0.6 is 11.6 Å². The molecule has 0 saturated carbocycles. The number of nitrogens with two attached hydrogens (primary N) is 1. The van der Waals surface area contributed by atoms with E-state index in [1.54, 1.807) is 0 Å². The minimum absolute atomic E-state index is 0.0897. The molecule has 0 aliphatic rings. The van der Waals surface area contributed by atoms with Gasteiger partial charge in [0.2, 0.25) is 5.69 Å². The molecule has 1 atom stereocenters. The van der Waals surface area contributed by atoms with E-state index in [-0.39, 0.29) is 22.1 Å². The van der Waals surface area contributed by atoms with Crippen LogP contribution in [0.5, 0.6) is 0 Å². The summed E-state index contributed by atoms with van der Waals surface area (Å²) in [6, 6.07) is 0. The third kappa shape index (κ3) is 1.78. The topological polar surface area (TPSA) is 75.6 Å². The van der Waals surface area contributed by atoms with Gasteiger partial charge in [0, 0.05) is 0 Å². The number of pyridine rings is 1. The fraction of sp³-hybridized carbons (Fsp3) is 0.125. The molecule has 1 heterocycles. The summed E-state index contributed by atoms with van der Waals surface area (Å²) < 4.78 is 0. The highest BCUT2D eigenvalue weighted by atomic mass is 35.5. The number of nitrogens with zero attached hydrogens (tertiary/aromatic N) is 1. The SMILES string of the molecule is C#Cc1c(N)ncc([NH+]([O-])OC)c1Cl. The Bertz CT molecular complexity index is 389. The quantitative estimate of drug-likeness (QED) is 0.530. The van der Waals surface area contributed by atoms with Gasteiger partial charge in [-0.05, 0) is 0 Å². The van der Waals surface area contributed by atoms with Crippen LogP contribution in [0.15, 0.2) is 6.20 Å². The first-order chi connectivity index (χ1) is 6.61. The van der Waals surface area contributed by atoms with E-state index in [2.05, 4.69) is 15.7 Å². The molecule has 14 heavy (non-hydrogen) atoms. The van der Waals surface area contributed by atoms with Crippen molar-refractivity contribution in [3.63, 3.8) is 0 Å². The van der Waals surface area contributed by atoms with Crippen LogP contribution in [0.25, 0.3) is 0 Å². The van der Waals surface area contributed by atoms with Crippen LogP contribution in [0, 0.1) is 17.6 Å². The third-order valence-corrected chi connectivity index (χ3v) is 1.99. The molecule has 0 aromatic carbocycles. The zero-order chi connectivity index (χ0) is 10.7. The molecule has 0 aliphatic carbocycles. The Morgan fingerprint density at radius 2 is 2.43 bits per heavy atom. The maximum Gasteiger partial charge on any atom is 0.202 e. The number of halogens is 1. The molecule has 1 aromatic rings. The normalized spacial score (nSPS) is 12.1. The Labute approximate surface area is 86.0 Å². The lowest BCUT2D eigenvalue weighted by Gasteiger charge is -2.17. The summed E-state index contributed by atoms with van der Waals surface area (Å²) in [6.07, 6.45) is 6.38. The molecule has 0 radical (unpaired) electrons. The van der Waals surface area contributed by atoms with Gasteiger partial charge in [0.05, 0.1) is 18.9 Å². The second-order valence-electron chi connectivity index (χ2n) is 2.38. The van der Waals surface area contributed by atoms with Gasteiger partial charge in [0.1, 0.15) is 10.8 Å². The first kappa shape index (κ1) is 10.8. The largest absolute Gasteiger partial charge is 0.595 e. The lowest BCUT2D eigenvalue weighted by atomic mass is 10.2. The van der Waals surface area contributed by atoms with Crippen LogP contribution < -0.4 is 11.0 Å². The van der Waals surface area contributed by atoms with Crippen molar-refractivity contribution in [1.82, 2.24) is 4.98 Å². The standard InChI is InChI=1S/C8H8ClN3O2/c1-3-5-7(9)6(12(13)14-2)4-11-8(5)10/h1,4,12H,2H3,(H2,10,11). The summed E-state index contributed by atoms with van der Waals surface area (Å²) in [4.78, 5) is 8.21. The first-order valence-electron chi connectivity index (χ1n) is 3.60. The highest BCUT2D eigenvalue weighted by Gasteiger charge is 2.15. The highest BCUT2D eigenvalue weighted by Crippen LogP contribution is 2.24. The number of anilines is 1. The van der Waals surface area contributed by atoms with Crippen molar-refractivity contribution < 1.29 is 10.1 Å². The average Bonchev–Trinajstić information content (AvgIpc) is 2.18. The molecule has 74 valence electrons. The molecule has 1 rings (SSSR count). The third-order valence-electron chi connectivity index (χ3n) is 1.59. The first-order valence-corrected chi connectivity index (χ1v) is 3.98. The van der Waals surface area contributed by atoms with E-state index in [4.69, 9.17) is 23.8 Å². The lowest BCUT2D eigenvalue weighted by molar-refractivity contribution is -0.992. The summed E-state index contributed by atoms with van der Waals surface area (Å²) >= 11 is 5.82. The van der Waals surface area contributed by atoms with Crippen LogP contribution in [0.2, 0.25) is 5.02 Å². The van der Waals surface area contributed by atoms with Crippen LogP contribution in [0.3, 0.4) is 0 Å². The van der Waals surface area contributed by atoms with Gasteiger partial charge in [-0.3, -0.25) is 0 Å². The van der Waals surface area contributed by atoms with Crippen LogP contribution in [-0.4, -0.2) is 12.1 Å². The molecular formula is C8H8ClN3O2. The van der Waals surface area contributed by atoms with Gasteiger partial charge < -0.3 is 10.9 Å².